The first kappa shape index (κ1) is 18.7. The van der Waals surface area contributed by atoms with Crippen LogP contribution in [0.3, 0.4) is 0 Å². The lowest BCUT2D eigenvalue weighted by molar-refractivity contribution is -0.119. The number of nitrogens with one attached hydrogen (secondary N) is 2. The van der Waals surface area contributed by atoms with Crippen LogP contribution in [0, 0.1) is 27.7 Å². The topological polar surface area (TPSA) is 91.4 Å². The third-order valence-corrected chi connectivity index (χ3v) is 4.11. The number of amides is 1. The zero-order valence-electron chi connectivity index (χ0n) is 15.2. The van der Waals surface area contributed by atoms with Crippen molar-refractivity contribution >= 4 is 17.6 Å². The van der Waals surface area contributed by atoms with E-state index in [0.29, 0.717) is 22.5 Å². The van der Waals surface area contributed by atoms with Crippen LogP contribution in [0.15, 0.2) is 18.2 Å². The summed E-state index contributed by atoms with van der Waals surface area (Å²) in [6, 6.07) is 5.68. The quantitative estimate of drug-likeness (QED) is 0.727. The Bertz CT molecular complexity index is 806. The number of aromatic amines is 1. The Morgan fingerprint density at radius 3 is 2.48 bits per heavy atom. The van der Waals surface area contributed by atoms with E-state index in [0.717, 1.165) is 11.1 Å². The molecule has 1 heterocycles. The van der Waals surface area contributed by atoms with Gasteiger partial charge in [0.2, 0.25) is 0 Å². The van der Waals surface area contributed by atoms with Gasteiger partial charge in [0.25, 0.3) is 5.91 Å². The van der Waals surface area contributed by atoms with Crippen LogP contribution in [0.1, 0.15) is 51.5 Å². The molecule has 0 aliphatic rings. The van der Waals surface area contributed by atoms with Gasteiger partial charge in [0.15, 0.2) is 6.61 Å². The highest BCUT2D eigenvalue weighted by Crippen LogP contribution is 2.24. The molecular formula is C19H24N2O4. The molecule has 1 aromatic carbocycles. The van der Waals surface area contributed by atoms with Gasteiger partial charge in [-0.3, -0.25) is 4.79 Å². The van der Waals surface area contributed by atoms with Gasteiger partial charge in [-0.15, -0.1) is 0 Å². The largest absolute Gasteiger partial charge is 0.451 e. The first-order chi connectivity index (χ1) is 11.7. The lowest BCUT2D eigenvalue weighted by atomic mass is 10.1. The average Bonchev–Trinajstić information content (AvgIpc) is 2.82. The molecular weight excluding hydrogens is 320 g/mol. The van der Waals surface area contributed by atoms with E-state index in [9.17, 15) is 14.7 Å². The van der Waals surface area contributed by atoms with Gasteiger partial charge >= 0.3 is 5.97 Å². The minimum Gasteiger partial charge on any atom is -0.451 e. The molecule has 0 saturated heterocycles. The predicted molar refractivity (Wildman–Crippen MR) is 95.7 cm³/mol. The summed E-state index contributed by atoms with van der Waals surface area (Å²) in [6.45, 7) is 8.64. The number of aliphatic hydroxyl groups excluding tert-OH is 1. The van der Waals surface area contributed by atoms with Crippen LogP contribution in [0.2, 0.25) is 0 Å². The van der Waals surface area contributed by atoms with Gasteiger partial charge in [-0.2, -0.15) is 0 Å². The number of carbonyl (C=O) groups excluding carboxylic acids is 2. The molecule has 0 aliphatic carbocycles. The highest BCUT2D eigenvalue weighted by atomic mass is 16.5. The van der Waals surface area contributed by atoms with Crippen LogP contribution in [-0.4, -0.2) is 28.6 Å². The second-order valence-electron chi connectivity index (χ2n) is 6.28. The maximum atomic E-state index is 12.2. The normalized spacial score (nSPS) is 11.9. The van der Waals surface area contributed by atoms with Gasteiger partial charge in [-0.05, 0) is 51.8 Å². The van der Waals surface area contributed by atoms with E-state index < -0.39 is 18.0 Å². The standard InChI is InChI=1S/C19H24N2O4/c1-10-6-7-15(11(2)8-10)21-16(23)9-25-19(24)18-12(3)17(14(5)22)13(4)20-18/h6-8,14,20,22H,9H2,1-5H3,(H,21,23)/t14-/m0/s1. The number of benzene rings is 1. The van der Waals surface area contributed by atoms with Crippen LogP contribution >= 0.6 is 0 Å². The molecule has 1 aromatic heterocycles. The number of esters is 1. The summed E-state index contributed by atoms with van der Waals surface area (Å²) in [5.41, 5.74) is 5.01. The molecule has 0 radical (unpaired) electrons. The van der Waals surface area contributed by atoms with E-state index in [1.807, 2.05) is 32.0 Å². The Hall–Kier alpha value is -2.60. The lowest BCUT2D eigenvalue weighted by Gasteiger charge is -2.10. The number of hydrogen-bond acceptors (Lipinski definition) is 4. The number of ether oxygens (including phenoxy) is 1. The SMILES string of the molecule is Cc1ccc(NC(=O)COC(=O)c2[nH]c(C)c([C@H](C)O)c2C)c(C)c1. The van der Waals surface area contributed by atoms with Crippen molar-refractivity contribution in [2.75, 3.05) is 11.9 Å². The van der Waals surface area contributed by atoms with Crippen LogP contribution < -0.4 is 5.32 Å². The third kappa shape index (κ3) is 4.28. The Labute approximate surface area is 147 Å². The number of carbonyl (C=O) groups is 2. The summed E-state index contributed by atoms with van der Waals surface area (Å²) in [7, 11) is 0. The second kappa shape index (κ2) is 7.53. The Morgan fingerprint density at radius 2 is 1.92 bits per heavy atom. The van der Waals surface area contributed by atoms with Gasteiger partial charge in [0.1, 0.15) is 5.69 Å². The zero-order valence-corrected chi connectivity index (χ0v) is 15.2. The molecule has 6 nitrogen and oxygen atoms in total. The van der Waals surface area contributed by atoms with Crippen molar-refractivity contribution < 1.29 is 19.4 Å². The fourth-order valence-electron chi connectivity index (χ4n) is 2.94. The van der Waals surface area contributed by atoms with Crippen LogP contribution in [-0.2, 0) is 9.53 Å². The van der Waals surface area contributed by atoms with Gasteiger partial charge in [0.05, 0.1) is 6.10 Å². The molecule has 0 saturated carbocycles. The van der Waals surface area contributed by atoms with E-state index in [1.165, 1.54) is 0 Å². The summed E-state index contributed by atoms with van der Waals surface area (Å²) in [6.07, 6.45) is -0.689. The van der Waals surface area contributed by atoms with Crippen molar-refractivity contribution in [1.29, 1.82) is 0 Å². The number of H-pyrrole nitrogens is 1. The highest BCUT2D eigenvalue weighted by Gasteiger charge is 2.21. The molecule has 1 atom stereocenters. The van der Waals surface area contributed by atoms with E-state index in [4.69, 9.17) is 4.74 Å². The maximum Gasteiger partial charge on any atom is 0.355 e. The maximum absolute atomic E-state index is 12.2. The van der Waals surface area contributed by atoms with E-state index in [2.05, 4.69) is 10.3 Å². The van der Waals surface area contributed by atoms with Crippen molar-refractivity contribution in [3.8, 4) is 0 Å². The Kier molecular flexibility index (Phi) is 5.64. The predicted octanol–water partition coefficient (Wildman–Crippen LogP) is 3.10. The molecule has 0 fully saturated rings. The van der Waals surface area contributed by atoms with Crippen LogP contribution in [0.4, 0.5) is 5.69 Å². The van der Waals surface area contributed by atoms with Gasteiger partial charge in [-0.25, -0.2) is 4.79 Å². The molecule has 134 valence electrons. The molecule has 6 heteroatoms. The average molecular weight is 344 g/mol. The molecule has 25 heavy (non-hydrogen) atoms. The van der Waals surface area contributed by atoms with Gasteiger partial charge in [0, 0.05) is 16.9 Å². The van der Waals surface area contributed by atoms with Gasteiger partial charge < -0.3 is 20.1 Å². The second-order valence-corrected chi connectivity index (χ2v) is 6.28. The van der Waals surface area contributed by atoms with Crippen molar-refractivity contribution in [3.05, 3.63) is 51.8 Å². The molecule has 3 N–H and O–H groups in total. The lowest BCUT2D eigenvalue weighted by Crippen LogP contribution is -2.21. The fourth-order valence-corrected chi connectivity index (χ4v) is 2.94. The number of rotatable bonds is 5. The molecule has 0 aliphatic heterocycles. The third-order valence-electron chi connectivity index (χ3n) is 4.11. The van der Waals surface area contributed by atoms with Crippen molar-refractivity contribution in [1.82, 2.24) is 4.98 Å². The van der Waals surface area contributed by atoms with Crippen LogP contribution in [0.5, 0.6) is 0 Å². The Morgan fingerprint density at radius 1 is 1.24 bits per heavy atom. The van der Waals surface area contributed by atoms with Crippen LogP contribution in [0.25, 0.3) is 0 Å². The van der Waals surface area contributed by atoms with Crippen molar-refractivity contribution in [3.63, 3.8) is 0 Å². The van der Waals surface area contributed by atoms with E-state index in [1.54, 1.807) is 20.8 Å². The fraction of sp³-hybridized carbons (Fsp3) is 0.368. The smallest absolute Gasteiger partial charge is 0.355 e. The molecule has 0 spiro atoms. The number of aliphatic hydroxyl groups is 1. The minimum atomic E-state index is -0.689. The summed E-state index contributed by atoms with van der Waals surface area (Å²) >= 11 is 0. The summed E-state index contributed by atoms with van der Waals surface area (Å²) in [5, 5.41) is 12.5. The van der Waals surface area contributed by atoms with E-state index in [-0.39, 0.29) is 12.3 Å². The summed E-state index contributed by atoms with van der Waals surface area (Å²) < 4.78 is 5.09. The molecule has 2 rings (SSSR count). The number of hydrogen-bond donors (Lipinski definition) is 3. The van der Waals surface area contributed by atoms with Crippen molar-refractivity contribution in [2.24, 2.45) is 0 Å². The minimum absolute atomic E-state index is 0.257. The molecule has 0 unspecified atom stereocenters. The first-order valence-corrected chi connectivity index (χ1v) is 8.12. The molecule has 1 amide bonds. The van der Waals surface area contributed by atoms with Gasteiger partial charge in [-0.1, -0.05) is 17.7 Å². The number of aryl methyl sites for hydroxylation is 3. The molecule has 2 aromatic rings. The zero-order chi connectivity index (χ0) is 18.7. The summed E-state index contributed by atoms with van der Waals surface area (Å²) in [5.74, 6) is -1.03. The molecule has 0 bridgehead atoms. The monoisotopic (exact) mass is 344 g/mol. The van der Waals surface area contributed by atoms with Crippen molar-refractivity contribution in [2.45, 2.75) is 40.7 Å². The highest BCUT2D eigenvalue weighted by molar-refractivity contribution is 5.96. The number of anilines is 1. The van der Waals surface area contributed by atoms with E-state index >= 15 is 0 Å². The first-order valence-electron chi connectivity index (χ1n) is 8.12. The number of aromatic nitrogens is 1. The Balaban J connectivity index is 2.00. The summed E-state index contributed by atoms with van der Waals surface area (Å²) in [4.78, 5) is 27.1.